The van der Waals surface area contributed by atoms with Gasteiger partial charge in [0.25, 0.3) is 0 Å². The van der Waals surface area contributed by atoms with Crippen molar-refractivity contribution in [3.8, 4) is 0 Å². The molecule has 4 heteroatoms. The molecule has 0 N–H and O–H groups in total. The summed E-state index contributed by atoms with van der Waals surface area (Å²) in [7, 11) is 0. The molecule has 0 radical (unpaired) electrons. The maximum atomic E-state index is 12.9. The summed E-state index contributed by atoms with van der Waals surface area (Å²) >= 11 is 6.82. The van der Waals surface area contributed by atoms with Crippen molar-refractivity contribution in [2.75, 3.05) is 6.26 Å². The summed E-state index contributed by atoms with van der Waals surface area (Å²) in [4.78, 5) is 10.8. The lowest BCUT2D eigenvalue weighted by molar-refractivity contribution is 0.112. The third-order valence-electron chi connectivity index (χ3n) is 1.40. The topological polar surface area (TPSA) is 17.1 Å². The van der Waals surface area contributed by atoms with E-state index in [4.69, 9.17) is 11.6 Å². The molecule has 0 fully saturated rings. The number of thioether (sulfide) groups is 1. The summed E-state index contributed by atoms with van der Waals surface area (Å²) in [6, 6.07) is 2.59. The van der Waals surface area contributed by atoms with Crippen molar-refractivity contribution in [3.63, 3.8) is 0 Å². The Morgan fingerprint density at radius 1 is 1.58 bits per heavy atom. The zero-order valence-corrected chi connectivity index (χ0v) is 7.88. The molecule has 0 aliphatic heterocycles. The molecule has 0 saturated heterocycles. The maximum absolute atomic E-state index is 12.9. The molecule has 0 spiro atoms. The van der Waals surface area contributed by atoms with Gasteiger partial charge in [-0.2, -0.15) is 0 Å². The standard InChI is InChI=1S/C8H6ClFOS/c1-12-8-2-5(4-11)6(9)3-7(8)10/h2-4H,1H3. The summed E-state index contributed by atoms with van der Waals surface area (Å²) in [6.07, 6.45) is 2.35. The van der Waals surface area contributed by atoms with Gasteiger partial charge in [-0.15, -0.1) is 11.8 Å². The summed E-state index contributed by atoms with van der Waals surface area (Å²) in [5.74, 6) is -0.391. The van der Waals surface area contributed by atoms with E-state index in [9.17, 15) is 9.18 Å². The van der Waals surface area contributed by atoms with Crippen molar-refractivity contribution in [1.82, 2.24) is 0 Å². The minimum absolute atomic E-state index is 0.153. The van der Waals surface area contributed by atoms with Crippen LogP contribution in [0.25, 0.3) is 0 Å². The molecule has 0 amide bonds. The molecule has 0 bridgehead atoms. The Balaban J connectivity index is 3.26. The SMILES string of the molecule is CSc1cc(C=O)c(Cl)cc1F. The zero-order valence-electron chi connectivity index (χ0n) is 6.30. The average Bonchev–Trinajstić information content (AvgIpc) is 2.05. The molecule has 12 heavy (non-hydrogen) atoms. The second-order valence-electron chi connectivity index (χ2n) is 2.13. The van der Waals surface area contributed by atoms with Gasteiger partial charge in [0.15, 0.2) is 6.29 Å². The summed E-state index contributed by atoms with van der Waals surface area (Å²) in [5, 5.41) is 0.153. The van der Waals surface area contributed by atoms with Crippen molar-refractivity contribution in [2.24, 2.45) is 0 Å². The lowest BCUT2D eigenvalue weighted by atomic mass is 10.2. The minimum atomic E-state index is -0.391. The van der Waals surface area contributed by atoms with Gasteiger partial charge in [-0.3, -0.25) is 4.79 Å². The Hall–Kier alpha value is -0.540. The van der Waals surface area contributed by atoms with Gasteiger partial charge in [0, 0.05) is 10.5 Å². The highest BCUT2D eigenvalue weighted by molar-refractivity contribution is 7.98. The van der Waals surface area contributed by atoms with Crippen LogP contribution in [0.1, 0.15) is 10.4 Å². The quantitative estimate of drug-likeness (QED) is 0.544. The number of aldehydes is 1. The van der Waals surface area contributed by atoms with Crippen LogP contribution in [0.2, 0.25) is 5.02 Å². The van der Waals surface area contributed by atoms with Crippen LogP contribution in [0.3, 0.4) is 0 Å². The van der Waals surface area contributed by atoms with E-state index in [0.29, 0.717) is 16.7 Å². The fourth-order valence-electron chi connectivity index (χ4n) is 0.792. The Morgan fingerprint density at radius 3 is 2.75 bits per heavy atom. The predicted molar refractivity (Wildman–Crippen MR) is 48.6 cm³/mol. The number of halogens is 2. The third kappa shape index (κ3) is 1.79. The van der Waals surface area contributed by atoms with Gasteiger partial charge in [0.2, 0.25) is 0 Å². The van der Waals surface area contributed by atoms with E-state index in [1.165, 1.54) is 17.8 Å². The molecule has 0 atom stereocenters. The molecule has 1 aromatic rings. The lowest BCUT2D eigenvalue weighted by Gasteiger charge is -2.01. The largest absolute Gasteiger partial charge is 0.298 e. The normalized spacial score (nSPS) is 9.92. The van der Waals surface area contributed by atoms with Gasteiger partial charge >= 0.3 is 0 Å². The van der Waals surface area contributed by atoms with E-state index in [-0.39, 0.29) is 5.02 Å². The fourth-order valence-corrected chi connectivity index (χ4v) is 1.49. The van der Waals surface area contributed by atoms with Crippen LogP contribution in [-0.2, 0) is 0 Å². The first-order chi connectivity index (χ1) is 5.69. The summed E-state index contributed by atoms with van der Waals surface area (Å²) in [6.45, 7) is 0. The van der Waals surface area contributed by atoms with Gasteiger partial charge in [-0.25, -0.2) is 4.39 Å². The third-order valence-corrected chi connectivity index (χ3v) is 2.48. The molecule has 1 rings (SSSR count). The fraction of sp³-hybridized carbons (Fsp3) is 0.125. The Morgan fingerprint density at radius 2 is 2.25 bits per heavy atom. The van der Waals surface area contributed by atoms with E-state index < -0.39 is 5.82 Å². The second kappa shape index (κ2) is 3.92. The second-order valence-corrected chi connectivity index (χ2v) is 3.38. The van der Waals surface area contributed by atoms with Gasteiger partial charge in [-0.1, -0.05) is 11.6 Å². The lowest BCUT2D eigenvalue weighted by Crippen LogP contribution is -1.87. The molecule has 0 heterocycles. The number of rotatable bonds is 2. The van der Waals surface area contributed by atoms with E-state index in [0.717, 1.165) is 6.07 Å². The monoisotopic (exact) mass is 204 g/mol. The van der Waals surface area contributed by atoms with Gasteiger partial charge in [0.1, 0.15) is 5.82 Å². The van der Waals surface area contributed by atoms with Crippen LogP contribution in [0.4, 0.5) is 4.39 Å². The number of benzene rings is 1. The van der Waals surface area contributed by atoms with Crippen LogP contribution in [0.5, 0.6) is 0 Å². The van der Waals surface area contributed by atoms with E-state index in [2.05, 4.69) is 0 Å². The van der Waals surface area contributed by atoms with E-state index >= 15 is 0 Å². The molecule has 0 saturated carbocycles. The number of hydrogen-bond donors (Lipinski definition) is 0. The Labute approximate surface area is 78.9 Å². The summed E-state index contributed by atoms with van der Waals surface area (Å²) in [5.41, 5.74) is 0.322. The first kappa shape index (κ1) is 9.55. The zero-order chi connectivity index (χ0) is 9.14. The molecule has 1 nitrogen and oxygen atoms in total. The van der Waals surface area contributed by atoms with Crippen LogP contribution in [0.15, 0.2) is 17.0 Å². The summed E-state index contributed by atoms with van der Waals surface area (Å²) < 4.78 is 12.9. The Bertz CT molecular complexity index is 314. The molecule has 1 aromatic carbocycles. The van der Waals surface area contributed by atoms with Gasteiger partial charge in [-0.05, 0) is 18.4 Å². The van der Waals surface area contributed by atoms with Crippen molar-refractivity contribution in [1.29, 1.82) is 0 Å². The first-order valence-corrected chi connectivity index (χ1v) is 4.77. The number of carbonyl (C=O) groups excluding carboxylic acids is 1. The van der Waals surface area contributed by atoms with Crippen molar-refractivity contribution in [2.45, 2.75) is 4.90 Å². The van der Waals surface area contributed by atoms with Crippen LogP contribution < -0.4 is 0 Å². The minimum Gasteiger partial charge on any atom is -0.298 e. The highest BCUT2D eigenvalue weighted by atomic mass is 35.5. The Kier molecular flexibility index (Phi) is 3.12. The van der Waals surface area contributed by atoms with Gasteiger partial charge in [0.05, 0.1) is 5.02 Å². The predicted octanol–water partition coefficient (Wildman–Crippen LogP) is 3.01. The van der Waals surface area contributed by atoms with Crippen molar-refractivity contribution in [3.05, 3.63) is 28.5 Å². The molecule has 64 valence electrons. The molecule has 0 unspecified atom stereocenters. The molecular weight excluding hydrogens is 199 g/mol. The average molecular weight is 205 g/mol. The highest BCUT2D eigenvalue weighted by Gasteiger charge is 2.06. The maximum Gasteiger partial charge on any atom is 0.151 e. The first-order valence-electron chi connectivity index (χ1n) is 3.17. The number of hydrogen-bond acceptors (Lipinski definition) is 2. The smallest absolute Gasteiger partial charge is 0.151 e. The highest BCUT2D eigenvalue weighted by Crippen LogP contribution is 2.25. The molecular formula is C8H6ClFOS. The van der Waals surface area contributed by atoms with Crippen LogP contribution in [0, 0.1) is 5.82 Å². The molecule has 0 aliphatic rings. The molecule has 0 aliphatic carbocycles. The van der Waals surface area contributed by atoms with Gasteiger partial charge < -0.3 is 0 Å². The van der Waals surface area contributed by atoms with Crippen LogP contribution in [-0.4, -0.2) is 12.5 Å². The van der Waals surface area contributed by atoms with E-state index in [1.54, 1.807) is 6.26 Å². The van der Waals surface area contributed by atoms with E-state index in [1.807, 2.05) is 0 Å². The molecule has 0 aromatic heterocycles. The van der Waals surface area contributed by atoms with Crippen molar-refractivity contribution < 1.29 is 9.18 Å². The van der Waals surface area contributed by atoms with Crippen LogP contribution >= 0.6 is 23.4 Å². The van der Waals surface area contributed by atoms with Crippen molar-refractivity contribution >= 4 is 29.6 Å². The number of carbonyl (C=O) groups is 1.